The Hall–Kier alpha value is -2.22. The van der Waals surface area contributed by atoms with Gasteiger partial charge < -0.3 is 25.1 Å². The van der Waals surface area contributed by atoms with Crippen molar-refractivity contribution in [3.8, 4) is 0 Å². The van der Waals surface area contributed by atoms with E-state index in [9.17, 15) is 0 Å². The fourth-order valence-electron chi connectivity index (χ4n) is 5.90. The van der Waals surface area contributed by atoms with Crippen LogP contribution in [0, 0.1) is 6.92 Å². The van der Waals surface area contributed by atoms with E-state index in [-0.39, 0.29) is 0 Å². The first-order valence-corrected chi connectivity index (χ1v) is 19.1. The number of benzene rings is 3. The van der Waals surface area contributed by atoms with Gasteiger partial charge in [0.1, 0.15) is 6.04 Å². The van der Waals surface area contributed by atoms with Crippen LogP contribution in [0.4, 0.5) is 0 Å². The summed E-state index contributed by atoms with van der Waals surface area (Å²) in [6.07, 6.45) is 6.35. The first-order chi connectivity index (χ1) is 21.4. The van der Waals surface area contributed by atoms with Gasteiger partial charge >= 0.3 is 7.32 Å². The minimum Gasteiger partial charge on any atom is -0.417 e. The van der Waals surface area contributed by atoms with Crippen molar-refractivity contribution in [3.63, 3.8) is 0 Å². The molecule has 0 N–H and O–H groups in total. The molecular weight excluding hydrogens is 557 g/mol. The summed E-state index contributed by atoms with van der Waals surface area (Å²) in [4.78, 5) is 0. The third kappa shape index (κ3) is 9.89. The van der Waals surface area contributed by atoms with E-state index in [1.165, 1.54) is 27.5 Å². The Bertz CT molecular complexity index is 1080. The maximum atomic E-state index is 7.38. The van der Waals surface area contributed by atoms with Gasteiger partial charge in [0.15, 0.2) is 0 Å². The molecule has 3 aromatic carbocycles. The lowest BCUT2D eigenvalue weighted by molar-refractivity contribution is -0.950. The lowest BCUT2D eigenvalue weighted by Gasteiger charge is -2.44. The van der Waals surface area contributed by atoms with Gasteiger partial charge in [-0.1, -0.05) is 125 Å². The summed E-state index contributed by atoms with van der Waals surface area (Å²) in [6.45, 7) is 23.9. The molecule has 0 bridgehead atoms. The molecule has 0 aliphatic rings. The second-order valence-corrected chi connectivity index (χ2v) is 14.8. The van der Waals surface area contributed by atoms with E-state index in [4.69, 9.17) is 13.7 Å². The van der Waals surface area contributed by atoms with Gasteiger partial charge in [0.2, 0.25) is 0 Å². The summed E-state index contributed by atoms with van der Waals surface area (Å²) in [5.41, 5.74) is 1.35. The van der Waals surface area contributed by atoms with Crippen molar-refractivity contribution < 1.29 is 18.1 Å². The van der Waals surface area contributed by atoms with Crippen LogP contribution in [0.2, 0.25) is 0 Å². The topological polar surface area (TPSA) is 27.7 Å². The number of rotatable bonds is 19. The molecule has 0 amide bonds. The molecule has 1 unspecified atom stereocenters. The largest absolute Gasteiger partial charge is 0.629 e. The third-order valence-corrected chi connectivity index (χ3v) is 13.0. The number of unbranched alkanes of at least 4 members (excludes halogenated alkanes) is 3. The van der Waals surface area contributed by atoms with Gasteiger partial charge in [0, 0.05) is 18.8 Å². The Labute approximate surface area is 272 Å². The number of nitrogens with zero attached hydrogens (tertiary/aromatic N) is 1. The Morgan fingerprint density at radius 2 is 1.09 bits per heavy atom. The van der Waals surface area contributed by atoms with Gasteiger partial charge in [-0.05, 0) is 56.1 Å². The predicted molar refractivity (Wildman–Crippen MR) is 193 cm³/mol. The summed E-state index contributed by atoms with van der Waals surface area (Å²) in [7, 11) is -3.83. The molecule has 44 heavy (non-hydrogen) atoms. The SMILES string of the molecule is CCCCOB(OCCCC)O[Si](c1ccccc1)(c1ccccc1)c1ccccc1C(C)[N+](CC)(CC)CC.[CH2-]CCC. The summed E-state index contributed by atoms with van der Waals surface area (Å²) >= 11 is 0. The van der Waals surface area contributed by atoms with E-state index in [1.807, 2.05) is 0 Å². The van der Waals surface area contributed by atoms with Gasteiger partial charge in [0.25, 0.3) is 8.32 Å². The molecule has 0 heterocycles. The van der Waals surface area contributed by atoms with Crippen LogP contribution in [0.5, 0.6) is 0 Å². The molecule has 1 atom stereocenters. The van der Waals surface area contributed by atoms with E-state index in [1.54, 1.807) is 0 Å². The quantitative estimate of drug-likeness (QED) is 0.0451. The van der Waals surface area contributed by atoms with Crippen LogP contribution in [-0.2, 0) is 13.7 Å². The van der Waals surface area contributed by atoms with Crippen molar-refractivity contribution in [2.24, 2.45) is 0 Å². The highest BCUT2D eigenvalue weighted by atomic mass is 28.4. The predicted octanol–water partition coefficient (Wildman–Crippen LogP) is 7.85. The minimum atomic E-state index is -3.09. The Kier molecular flexibility index (Phi) is 17.9. The van der Waals surface area contributed by atoms with Crippen molar-refractivity contribution in [2.75, 3.05) is 32.8 Å². The summed E-state index contributed by atoms with van der Waals surface area (Å²) < 4.78 is 21.1. The maximum absolute atomic E-state index is 7.38. The van der Waals surface area contributed by atoms with Crippen molar-refractivity contribution >= 4 is 31.2 Å². The first-order valence-electron chi connectivity index (χ1n) is 17.2. The molecule has 0 saturated carbocycles. The summed E-state index contributed by atoms with van der Waals surface area (Å²) in [5.74, 6) is 0. The molecule has 6 heteroatoms. The third-order valence-electron chi connectivity index (χ3n) is 8.99. The van der Waals surface area contributed by atoms with E-state index < -0.39 is 15.6 Å². The molecule has 0 saturated heterocycles. The second kappa shape index (κ2) is 20.7. The van der Waals surface area contributed by atoms with E-state index in [0.717, 1.165) is 56.2 Å². The van der Waals surface area contributed by atoms with Gasteiger partial charge in [-0.25, -0.2) is 0 Å². The Morgan fingerprint density at radius 1 is 0.659 bits per heavy atom. The van der Waals surface area contributed by atoms with Crippen LogP contribution in [0.3, 0.4) is 0 Å². The maximum Gasteiger partial charge on any atom is 0.629 e. The van der Waals surface area contributed by atoms with Crippen LogP contribution in [0.1, 0.15) is 98.6 Å². The standard InChI is InChI=1S/C34H51BNO3Si.C4H9/c1-7-12-28-37-35(38-29-13-8-2)39-40(31-22-16-14-17-23-31,32-24-18-15-19-25-32)34-27-21-20-26-33(34)30(6)36(9-3,10-4)11-5;1-3-4-2/h14-27,30H,7-13,28-29H2,1-6H3;1,3-4H2,2H3/q+1;-1. The van der Waals surface area contributed by atoms with Crippen molar-refractivity contribution in [2.45, 2.75) is 93.0 Å². The van der Waals surface area contributed by atoms with E-state index in [0.29, 0.717) is 19.3 Å². The molecule has 4 nitrogen and oxygen atoms in total. The minimum absolute atomic E-state index is 0.305. The van der Waals surface area contributed by atoms with Crippen molar-refractivity contribution in [1.82, 2.24) is 0 Å². The molecule has 0 spiro atoms. The molecule has 3 rings (SSSR count). The Morgan fingerprint density at radius 3 is 1.50 bits per heavy atom. The highest BCUT2D eigenvalue weighted by molar-refractivity contribution is 7.09. The monoisotopic (exact) mass is 617 g/mol. The highest BCUT2D eigenvalue weighted by Gasteiger charge is 2.49. The zero-order valence-electron chi connectivity index (χ0n) is 28.9. The molecular formula is C38H60BNO3Si. The fourth-order valence-corrected chi connectivity index (χ4v) is 10.0. The van der Waals surface area contributed by atoms with Crippen molar-refractivity contribution in [3.05, 3.63) is 97.4 Å². The second-order valence-electron chi connectivity index (χ2n) is 11.6. The number of hydrogen-bond donors (Lipinski definition) is 0. The van der Waals surface area contributed by atoms with Crippen LogP contribution in [-0.4, -0.2) is 53.0 Å². The summed E-state index contributed by atoms with van der Waals surface area (Å²) in [6, 6.07) is 30.9. The average Bonchev–Trinajstić information content (AvgIpc) is 3.09. The molecule has 0 radical (unpaired) electrons. The van der Waals surface area contributed by atoms with Crippen LogP contribution in [0.25, 0.3) is 0 Å². The van der Waals surface area contributed by atoms with Gasteiger partial charge in [0.05, 0.1) is 19.6 Å². The lowest BCUT2D eigenvalue weighted by atomic mass is 10.0. The highest BCUT2D eigenvalue weighted by Crippen LogP contribution is 2.29. The zero-order valence-corrected chi connectivity index (χ0v) is 29.9. The van der Waals surface area contributed by atoms with Gasteiger partial charge in [-0.15, -0.1) is 0 Å². The van der Waals surface area contributed by atoms with Gasteiger partial charge in [-0.2, -0.15) is 6.42 Å². The molecule has 242 valence electrons. The molecule has 0 aromatic heterocycles. The normalized spacial score (nSPS) is 12.4. The smallest absolute Gasteiger partial charge is 0.417 e. The van der Waals surface area contributed by atoms with Gasteiger partial charge in [-0.3, -0.25) is 0 Å². The lowest BCUT2D eigenvalue weighted by Crippen LogP contribution is -2.72. The molecule has 0 aliphatic carbocycles. The Balaban J connectivity index is 0.00000159. The average molecular weight is 618 g/mol. The molecule has 0 fully saturated rings. The zero-order chi connectivity index (χ0) is 32.3. The molecule has 0 aliphatic heterocycles. The number of hydrogen-bond acceptors (Lipinski definition) is 3. The first kappa shape index (κ1) is 38.0. The fraction of sp³-hybridized carbons (Fsp3) is 0.500. The van der Waals surface area contributed by atoms with Crippen LogP contribution in [0.15, 0.2) is 84.9 Å². The molecule has 3 aromatic rings. The summed E-state index contributed by atoms with van der Waals surface area (Å²) in [5, 5.41) is 3.68. The van der Waals surface area contributed by atoms with E-state index >= 15 is 0 Å². The van der Waals surface area contributed by atoms with Crippen LogP contribution >= 0.6 is 0 Å². The number of quaternary nitrogens is 1. The van der Waals surface area contributed by atoms with Crippen molar-refractivity contribution in [1.29, 1.82) is 0 Å². The van der Waals surface area contributed by atoms with E-state index in [2.05, 4.69) is 140 Å². The van der Waals surface area contributed by atoms with Crippen LogP contribution < -0.4 is 15.6 Å².